The van der Waals surface area contributed by atoms with Crippen molar-refractivity contribution < 1.29 is 22.7 Å². The van der Waals surface area contributed by atoms with Gasteiger partial charge in [0.05, 0.1) is 12.2 Å². The van der Waals surface area contributed by atoms with Gasteiger partial charge in [0.1, 0.15) is 41.5 Å². The summed E-state index contributed by atoms with van der Waals surface area (Å²) in [6.07, 6.45) is 4.16. The van der Waals surface area contributed by atoms with Gasteiger partial charge in [-0.3, -0.25) is 9.88 Å². The van der Waals surface area contributed by atoms with E-state index in [4.69, 9.17) is 0 Å². The molecule has 0 saturated carbocycles. The van der Waals surface area contributed by atoms with Crippen molar-refractivity contribution in [3.8, 4) is 11.1 Å². The molecule has 0 bridgehead atoms. The van der Waals surface area contributed by atoms with Gasteiger partial charge in [-0.2, -0.15) is 5.10 Å². The van der Waals surface area contributed by atoms with Gasteiger partial charge in [0.2, 0.25) is 0 Å². The summed E-state index contributed by atoms with van der Waals surface area (Å²) < 4.78 is 56.6. The van der Waals surface area contributed by atoms with Gasteiger partial charge in [0.25, 0.3) is 0 Å². The molecule has 4 aromatic rings. The fraction of sp³-hybridized carbons (Fsp3) is 0.208. The molecule has 2 heterocycles. The number of hydrogen-bond acceptors (Lipinski definition) is 5. The fourth-order valence-corrected chi connectivity index (χ4v) is 3.85. The maximum Gasteiger partial charge on any atom is 0.137 e. The minimum Gasteiger partial charge on any atom is -0.382 e. The second-order valence-corrected chi connectivity index (χ2v) is 8.08. The van der Waals surface area contributed by atoms with Crippen molar-refractivity contribution in [2.45, 2.75) is 18.7 Å². The third-order valence-electron chi connectivity index (χ3n) is 5.35. The van der Waals surface area contributed by atoms with Gasteiger partial charge in [-0.1, -0.05) is 12.1 Å². The van der Waals surface area contributed by atoms with Crippen molar-refractivity contribution in [1.29, 1.82) is 0 Å². The first-order valence-electron chi connectivity index (χ1n) is 10.3. The summed E-state index contributed by atoms with van der Waals surface area (Å²) in [5.74, 6) is -2.98. The van der Waals surface area contributed by atoms with Crippen molar-refractivity contribution in [1.82, 2.24) is 24.6 Å². The molecular formula is C24H21F4N5O. The molecule has 1 N–H and O–H groups in total. The van der Waals surface area contributed by atoms with Crippen LogP contribution in [0.1, 0.15) is 11.3 Å². The molecule has 176 valence electrons. The molecular weight excluding hydrogens is 450 g/mol. The van der Waals surface area contributed by atoms with Crippen molar-refractivity contribution in [3.63, 3.8) is 0 Å². The molecule has 1 atom stereocenters. The smallest absolute Gasteiger partial charge is 0.137 e. The molecule has 1 unspecified atom stereocenters. The molecule has 4 rings (SSSR count). The summed E-state index contributed by atoms with van der Waals surface area (Å²) in [5.41, 5.74) is -0.511. The number of rotatable bonds is 8. The van der Waals surface area contributed by atoms with E-state index in [1.807, 2.05) is 0 Å². The molecule has 34 heavy (non-hydrogen) atoms. The molecule has 2 aromatic heterocycles. The molecule has 0 amide bonds. The highest BCUT2D eigenvalue weighted by Crippen LogP contribution is 2.28. The third-order valence-corrected chi connectivity index (χ3v) is 5.35. The Kier molecular flexibility index (Phi) is 6.71. The zero-order chi connectivity index (χ0) is 24.3. The summed E-state index contributed by atoms with van der Waals surface area (Å²) in [6, 6.07) is 9.67. The Labute approximate surface area is 193 Å². The minimum absolute atomic E-state index is 0.0363. The molecule has 0 fully saturated rings. The van der Waals surface area contributed by atoms with Crippen molar-refractivity contribution in [3.05, 3.63) is 102 Å². The van der Waals surface area contributed by atoms with Crippen LogP contribution < -0.4 is 0 Å². The third kappa shape index (κ3) is 5.29. The zero-order valence-electron chi connectivity index (χ0n) is 18.2. The number of nitrogens with zero attached hydrogens (tertiary/aromatic N) is 5. The normalized spacial score (nSPS) is 13.3. The topological polar surface area (TPSA) is 67.1 Å². The molecule has 6 nitrogen and oxygen atoms in total. The van der Waals surface area contributed by atoms with Gasteiger partial charge >= 0.3 is 0 Å². The molecule has 2 aromatic carbocycles. The number of halogens is 4. The summed E-state index contributed by atoms with van der Waals surface area (Å²) >= 11 is 0. The standard InChI is InChI=1S/C24H21F4N5O/c1-32(11-19-5-2-16(10-30-19)20-6-3-17(25)8-22(20)27)12-24(34,13-33-15-29-14-31-33)21-7-4-18(26)9-23(21)28/h2-10,14-15,34H,11-13H2,1H3. The average molecular weight is 471 g/mol. The lowest BCUT2D eigenvalue weighted by molar-refractivity contribution is -0.0177. The number of aromatic nitrogens is 4. The van der Waals surface area contributed by atoms with E-state index in [2.05, 4.69) is 15.1 Å². The van der Waals surface area contributed by atoms with E-state index in [9.17, 15) is 22.7 Å². The van der Waals surface area contributed by atoms with E-state index in [1.54, 1.807) is 24.1 Å². The van der Waals surface area contributed by atoms with Crippen LogP contribution in [0.2, 0.25) is 0 Å². The summed E-state index contributed by atoms with van der Waals surface area (Å²) in [5, 5.41) is 15.4. The van der Waals surface area contributed by atoms with Crippen molar-refractivity contribution in [2.24, 2.45) is 0 Å². The zero-order valence-corrected chi connectivity index (χ0v) is 18.2. The molecule has 0 spiro atoms. The van der Waals surface area contributed by atoms with Crippen LogP contribution in [0.25, 0.3) is 11.1 Å². The lowest BCUT2D eigenvalue weighted by Crippen LogP contribution is -2.43. The molecule has 0 aliphatic rings. The molecule has 10 heteroatoms. The summed E-state index contributed by atoms with van der Waals surface area (Å²) in [6.45, 7) is 0.121. The number of likely N-dealkylation sites (N-methyl/N-ethyl adjacent to an activating group) is 1. The minimum atomic E-state index is -1.75. The Morgan fingerprint density at radius 3 is 2.32 bits per heavy atom. The summed E-state index contributed by atoms with van der Waals surface area (Å²) in [4.78, 5) is 9.90. The van der Waals surface area contributed by atoms with E-state index < -0.39 is 28.9 Å². The molecule has 0 saturated heterocycles. The van der Waals surface area contributed by atoms with Crippen LogP contribution in [0.5, 0.6) is 0 Å². The lowest BCUT2D eigenvalue weighted by atomic mass is 9.92. The van der Waals surface area contributed by atoms with Crippen molar-refractivity contribution >= 4 is 0 Å². The van der Waals surface area contributed by atoms with Gasteiger partial charge in [-0.15, -0.1) is 0 Å². The van der Waals surface area contributed by atoms with Crippen LogP contribution in [0.15, 0.2) is 67.4 Å². The number of aliphatic hydroxyl groups is 1. The van der Waals surface area contributed by atoms with E-state index >= 15 is 0 Å². The van der Waals surface area contributed by atoms with E-state index in [-0.39, 0.29) is 30.8 Å². The first kappa shape index (κ1) is 23.5. The van der Waals surface area contributed by atoms with Crippen LogP contribution in [0.4, 0.5) is 17.6 Å². The van der Waals surface area contributed by atoms with E-state index in [0.29, 0.717) is 11.3 Å². The Morgan fingerprint density at radius 2 is 1.71 bits per heavy atom. The molecule has 0 radical (unpaired) electrons. The van der Waals surface area contributed by atoms with Gasteiger partial charge in [0.15, 0.2) is 0 Å². The second kappa shape index (κ2) is 9.70. The highest BCUT2D eigenvalue weighted by Gasteiger charge is 2.35. The Hall–Kier alpha value is -3.63. The van der Waals surface area contributed by atoms with E-state index in [0.717, 1.165) is 18.2 Å². The maximum absolute atomic E-state index is 14.6. The SMILES string of the molecule is CN(Cc1ccc(-c2ccc(F)cc2F)cn1)CC(O)(Cn1cncn1)c1ccc(F)cc1F. The van der Waals surface area contributed by atoms with Gasteiger partial charge < -0.3 is 5.11 Å². The Balaban J connectivity index is 1.53. The largest absolute Gasteiger partial charge is 0.382 e. The fourth-order valence-electron chi connectivity index (χ4n) is 3.85. The highest BCUT2D eigenvalue weighted by molar-refractivity contribution is 5.63. The van der Waals surface area contributed by atoms with Crippen LogP contribution >= 0.6 is 0 Å². The Morgan fingerprint density at radius 1 is 0.971 bits per heavy atom. The van der Waals surface area contributed by atoms with Gasteiger partial charge in [-0.25, -0.2) is 27.2 Å². The first-order valence-corrected chi connectivity index (χ1v) is 10.3. The Bertz CT molecular complexity index is 1270. The van der Waals surface area contributed by atoms with Crippen LogP contribution in [0.3, 0.4) is 0 Å². The predicted octanol–water partition coefficient (Wildman–Crippen LogP) is 3.92. The van der Waals surface area contributed by atoms with E-state index in [1.165, 1.54) is 41.7 Å². The quantitative estimate of drug-likeness (QED) is 0.395. The lowest BCUT2D eigenvalue weighted by Gasteiger charge is -2.33. The number of hydrogen-bond donors (Lipinski definition) is 1. The monoisotopic (exact) mass is 471 g/mol. The maximum atomic E-state index is 14.6. The average Bonchev–Trinajstić information content (AvgIpc) is 3.27. The summed E-state index contributed by atoms with van der Waals surface area (Å²) in [7, 11) is 1.71. The molecule has 0 aliphatic heterocycles. The van der Waals surface area contributed by atoms with Crippen LogP contribution in [-0.4, -0.2) is 43.3 Å². The van der Waals surface area contributed by atoms with Gasteiger partial charge in [0, 0.05) is 48.1 Å². The first-order chi connectivity index (χ1) is 16.2. The second-order valence-electron chi connectivity index (χ2n) is 8.08. The predicted molar refractivity (Wildman–Crippen MR) is 116 cm³/mol. The van der Waals surface area contributed by atoms with Gasteiger partial charge in [-0.05, 0) is 31.3 Å². The number of pyridine rings is 1. The van der Waals surface area contributed by atoms with Crippen molar-refractivity contribution in [2.75, 3.05) is 13.6 Å². The van der Waals surface area contributed by atoms with Crippen LogP contribution in [-0.2, 0) is 18.7 Å². The van der Waals surface area contributed by atoms with Crippen LogP contribution in [0, 0.1) is 23.3 Å². The molecule has 0 aliphatic carbocycles. The highest BCUT2D eigenvalue weighted by atomic mass is 19.1. The number of benzene rings is 2.